The van der Waals surface area contributed by atoms with E-state index in [4.69, 9.17) is 5.11 Å². The van der Waals surface area contributed by atoms with Gasteiger partial charge in [0.1, 0.15) is 0 Å². The Bertz CT molecular complexity index is 277. The highest BCUT2D eigenvalue weighted by Crippen LogP contribution is 2.34. The van der Waals surface area contributed by atoms with Gasteiger partial charge in [-0.2, -0.15) is 0 Å². The first kappa shape index (κ1) is 13.8. The standard InChI is InChI=1S/C12H22N2O3/c1-3-10(8-9-4-5-9)13-12(17)14(2)7-6-11(15)16/h9-10H,3-8H2,1-2H3,(H,13,17)(H,15,16). The van der Waals surface area contributed by atoms with Crippen LogP contribution in [0.3, 0.4) is 0 Å². The molecule has 0 spiro atoms. The second kappa shape index (κ2) is 6.47. The van der Waals surface area contributed by atoms with Crippen LogP contribution in [0.25, 0.3) is 0 Å². The fourth-order valence-electron chi connectivity index (χ4n) is 1.73. The molecular formula is C12H22N2O3. The minimum Gasteiger partial charge on any atom is -0.481 e. The lowest BCUT2D eigenvalue weighted by Gasteiger charge is -2.22. The van der Waals surface area contributed by atoms with Crippen molar-refractivity contribution in [3.05, 3.63) is 0 Å². The van der Waals surface area contributed by atoms with E-state index in [1.54, 1.807) is 7.05 Å². The van der Waals surface area contributed by atoms with Gasteiger partial charge in [-0.05, 0) is 18.8 Å². The number of carbonyl (C=O) groups is 2. The minimum atomic E-state index is -0.880. The maximum atomic E-state index is 11.7. The lowest BCUT2D eigenvalue weighted by molar-refractivity contribution is -0.137. The predicted molar refractivity (Wildman–Crippen MR) is 64.8 cm³/mol. The zero-order valence-corrected chi connectivity index (χ0v) is 10.6. The molecule has 0 aromatic carbocycles. The topological polar surface area (TPSA) is 69.6 Å². The number of urea groups is 1. The number of carboxylic acids is 1. The molecule has 1 rings (SSSR count). The lowest BCUT2D eigenvalue weighted by atomic mass is 10.1. The van der Waals surface area contributed by atoms with Crippen LogP contribution in [0.15, 0.2) is 0 Å². The molecule has 2 N–H and O–H groups in total. The van der Waals surface area contributed by atoms with Crippen LogP contribution in [0.2, 0.25) is 0 Å². The van der Waals surface area contributed by atoms with Crippen molar-refractivity contribution in [2.45, 2.75) is 45.1 Å². The third kappa shape index (κ3) is 5.56. The Labute approximate surface area is 102 Å². The molecule has 0 saturated heterocycles. The fraction of sp³-hybridized carbons (Fsp3) is 0.833. The molecule has 0 bridgehead atoms. The summed E-state index contributed by atoms with van der Waals surface area (Å²) in [5.41, 5.74) is 0. The molecule has 0 aromatic heterocycles. The van der Waals surface area contributed by atoms with Gasteiger partial charge in [0.2, 0.25) is 0 Å². The van der Waals surface area contributed by atoms with E-state index in [0.29, 0.717) is 0 Å². The summed E-state index contributed by atoms with van der Waals surface area (Å²) in [5.74, 6) is -0.0979. The monoisotopic (exact) mass is 242 g/mol. The van der Waals surface area contributed by atoms with Gasteiger partial charge in [-0.15, -0.1) is 0 Å². The number of carbonyl (C=O) groups excluding carboxylic acids is 1. The van der Waals surface area contributed by atoms with Crippen molar-refractivity contribution in [3.63, 3.8) is 0 Å². The Hall–Kier alpha value is -1.26. The van der Waals surface area contributed by atoms with Crippen LogP contribution in [-0.4, -0.2) is 41.6 Å². The van der Waals surface area contributed by atoms with Crippen molar-refractivity contribution in [1.29, 1.82) is 0 Å². The molecule has 0 aromatic rings. The van der Waals surface area contributed by atoms with Gasteiger partial charge in [0.15, 0.2) is 0 Å². The maximum absolute atomic E-state index is 11.7. The molecule has 98 valence electrons. The molecule has 1 aliphatic carbocycles. The number of carboxylic acid groups (broad SMARTS) is 1. The molecule has 1 saturated carbocycles. The molecule has 0 heterocycles. The van der Waals surface area contributed by atoms with Gasteiger partial charge in [-0.1, -0.05) is 19.8 Å². The van der Waals surface area contributed by atoms with Gasteiger partial charge in [0.05, 0.1) is 6.42 Å². The highest BCUT2D eigenvalue weighted by molar-refractivity contribution is 5.75. The van der Waals surface area contributed by atoms with Gasteiger partial charge in [-0.3, -0.25) is 4.79 Å². The van der Waals surface area contributed by atoms with Crippen LogP contribution >= 0.6 is 0 Å². The fourth-order valence-corrected chi connectivity index (χ4v) is 1.73. The second-order valence-electron chi connectivity index (χ2n) is 4.80. The van der Waals surface area contributed by atoms with E-state index in [2.05, 4.69) is 12.2 Å². The summed E-state index contributed by atoms with van der Waals surface area (Å²) in [6.45, 7) is 2.31. The highest BCUT2D eigenvalue weighted by atomic mass is 16.4. The van der Waals surface area contributed by atoms with E-state index in [-0.39, 0.29) is 25.0 Å². The Morgan fingerprint density at radius 3 is 2.59 bits per heavy atom. The van der Waals surface area contributed by atoms with Crippen molar-refractivity contribution in [1.82, 2.24) is 10.2 Å². The van der Waals surface area contributed by atoms with Crippen LogP contribution < -0.4 is 5.32 Å². The largest absolute Gasteiger partial charge is 0.481 e. The minimum absolute atomic E-state index is 0.0106. The van der Waals surface area contributed by atoms with Crippen LogP contribution in [0, 0.1) is 5.92 Å². The molecular weight excluding hydrogens is 220 g/mol. The van der Waals surface area contributed by atoms with Gasteiger partial charge in [0, 0.05) is 19.6 Å². The van der Waals surface area contributed by atoms with E-state index in [1.165, 1.54) is 17.7 Å². The van der Waals surface area contributed by atoms with Crippen LogP contribution in [0.5, 0.6) is 0 Å². The number of rotatable bonds is 7. The molecule has 1 aliphatic rings. The summed E-state index contributed by atoms with van der Waals surface area (Å²) in [5, 5.41) is 11.5. The molecule has 17 heavy (non-hydrogen) atoms. The van der Waals surface area contributed by atoms with Gasteiger partial charge in [-0.25, -0.2) is 4.79 Å². The van der Waals surface area contributed by atoms with Crippen molar-refractivity contribution in [2.75, 3.05) is 13.6 Å². The van der Waals surface area contributed by atoms with Crippen molar-refractivity contribution >= 4 is 12.0 Å². The van der Waals surface area contributed by atoms with Gasteiger partial charge >= 0.3 is 12.0 Å². The number of hydrogen-bond donors (Lipinski definition) is 2. The zero-order chi connectivity index (χ0) is 12.8. The Morgan fingerprint density at radius 2 is 2.12 bits per heavy atom. The smallest absolute Gasteiger partial charge is 0.317 e. The Balaban J connectivity index is 2.26. The molecule has 1 fully saturated rings. The van der Waals surface area contributed by atoms with E-state index in [0.717, 1.165) is 18.8 Å². The normalized spacial score (nSPS) is 16.4. The molecule has 0 radical (unpaired) electrons. The third-order valence-electron chi connectivity index (χ3n) is 3.14. The summed E-state index contributed by atoms with van der Waals surface area (Å²) in [6.07, 6.45) is 4.52. The molecule has 0 aliphatic heterocycles. The quantitative estimate of drug-likeness (QED) is 0.713. The predicted octanol–water partition coefficient (Wildman–Crippen LogP) is 1.68. The van der Waals surface area contributed by atoms with E-state index >= 15 is 0 Å². The number of amides is 2. The summed E-state index contributed by atoms with van der Waals surface area (Å²) in [6, 6.07) is 0.0565. The summed E-state index contributed by atoms with van der Waals surface area (Å²) in [7, 11) is 1.63. The van der Waals surface area contributed by atoms with Crippen molar-refractivity contribution in [3.8, 4) is 0 Å². The van der Waals surface area contributed by atoms with Crippen molar-refractivity contribution in [2.24, 2.45) is 5.92 Å². The molecule has 5 nitrogen and oxygen atoms in total. The molecule has 1 atom stereocenters. The highest BCUT2D eigenvalue weighted by Gasteiger charge is 2.26. The molecule has 1 unspecified atom stereocenters. The average molecular weight is 242 g/mol. The first-order valence-corrected chi connectivity index (χ1v) is 6.26. The first-order valence-electron chi connectivity index (χ1n) is 6.26. The molecule has 5 heteroatoms. The second-order valence-corrected chi connectivity index (χ2v) is 4.80. The van der Waals surface area contributed by atoms with Crippen molar-refractivity contribution < 1.29 is 14.7 Å². The maximum Gasteiger partial charge on any atom is 0.317 e. The number of nitrogens with one attached hydrogen (secondary N) is 1. The number of nitrogens with zero attached hydrogens (tertiary/aromatic N) is 1. The Morgan fingerprint density at radius 1 is 1.47 bits per heavy atom. The van der Waals surface area contributed by atoms with Gasteiger partial charge in [0.25, 0.3) is 0 Å². The third-order valence-corrected chi connectivity index (χ3v) is 3.14. The van der Waals surface area contributed by atoms with E-state index in [1.807, 2.05) is 0 Å². The average Bonchev–Trinajstić information content (AvgIpc) is 3.08. The lowest BCUT2D eigenvalue weighted by Crippen LogP contribution is -2.43. The number of aliphatic carboxylic acids is 1. The first-order chi connectivity index (χ1) is 8.02. The summed E-state index contributed by atoms with van der Waals surface area (Å²) < 4.78 is 0. The van der Waals surface area contributed by atoms with E-state index < -0.39 is 5.97 Å². The number of hydrogen-bond acceptors (Lipinski definition) is 2. The Kier molecular flexibility index (Phi) is 5.25. The van der Waals surface area contributed by atoms with Crippen LogP contribution in [0.1, 0.15) is 39.0 Å². The molecule has 2 amide bonds. The van der Waals surface area contributed by atoms with Crippen LogP contribution in [0.4, 0.5) is 4.79 Å². The zero-order valence-electron chi connectivity index (χ0n) is 10.6. The van der Waals surface area contributed by atoms with E-state index in [9.17, 15) is 9.59 Å². The summed E-state index contributed by atoms with van der Waals surface area (Å²) in [4.78, 5) is 23.6. The SMILES string of the molecule is CCC(CC1CC1)NC(=O)N(C)CCC(=O)O. The van der Waals surface area contributed by atoms with Crippen LogP contribution in [-0.2, 0) is 4.79 Å². The van der Waals surface area contributed by atoms with Gasteiger partial charge < -0.3 is 15.3 Å². The summed E-state index contributed by atoms with van der Waals surface area (Å²) >= 11 is 0.